The van der Waals surface area contributed by atoms with E-state index in [4.69, 9.17) is 22.2 Å². The van der Waals surface area contributed by atoms with E-state index in [9.17, 15) is 4.79 Å². The third kappa shape index (κ3) is 3.62. The van der Waals surface area contributed by atoms with Gasteiger partial charge in [0.15, 0.2) is 0 Å². The summed E-state index contributed by atoms with van der Waals surface area (Å²) < 4.78 is 5.65. The summed E-state index contributed by atoms with van der Waals surface area (Å²) in [5, 5.41) is 0.509. The highest BCUT2D eigenvalue weighted by atomic mass is 35.5. The van der Waals surface area contributed by atoms with Gasteiger partial charge in [-0.15, -0.1) is 0 Å². The van der Waals surface area contributed by atoms with Crippen LogP contribution in [0.1, 0.15) is 29.6 Å². The fourth-order valence-corrected chi connectivity index (χ4v) is 2.54. The average molecular weight is 298 g/mol. The molecule has 1 aromatic carbocycles. The van der Waals surface area contributed by atoms with Gasteiger partial charge in [0.1, 0.15) is 0 Å². The number of nitrogens with one attached hydrogen (secondary N) is 1. The summed E-state index contributed by atoms with van der Waals surface area (Å²) in [5.41, 5.74) is 3.56. The molecule has 0 radical (unpaired) electrons. The van der Waals surface area contributed by atoms with Gasteiger partial charge in [-0.25, -0.2) is 0 Å². The summed E-state index contributed by atoms with van der Waals surface area (Å²) >= 11 is 5.95. The van der Waals surface area contributed by atoms with Crippen LogP contribution in [0.2, 0.25) is 5.02 Å². The molecule has 1 aliphatic rings. The fraction of sp³-hybridized carbons (Fsp3) is 0.500. The van der Waals surface area contributed by atoms with Crippen molar-refractivity contribution in [3.63, 3.8) is 0 Å². The Kier molecular flexibility index (Phi) is 5.23. The number of anilines is 1. The summed E-state index contributed by atoms with van der Waals surface area (Å²) in [7, 11) is 1.77. The average Bonchev–Trinajstić information content (AvgIpc) is 2.47. The van der Waals surface area contributed by atoms with Gasteiger partial charge < -0.3 is 15.1 Å². The zero-order chi connectivity index (χ0) is 14.5. The Morgan fingerprint density at radius 3 is 3.00 bits per heavy atom. The predicted molar refractivity (Wildman–Crippen MR) is 79.8 cm³/mol. The summed E-state index contributed by atoms with van der Waals surface area (Å²) in [4.78, 5) is 14.1. The monoisotopic (exact) mass is 297 g/mol. The van der Waals surface area contributed by atoms with Crippen LogP contribution in [-0.4, -0.2) is 37.1 Å². The van der Waals surface area contributed by atoms with Crippen molar-refractivity contribution in [2.24, 2.45) is 5.84 Å². The Hall–Kier alpha value is -1.30. The number of carbonyl (C=O) groups excluding carboxylic acids is 1. The number of halogens is 1. The highest BCUT2D eigenvalue weighted by Gasteiger charge is 2.21. The minimum absolute atomic E-state index is 0.116. The molecule has 110 valence electrons. The molecule has 1 fully saturated rings. The van der Waals surface area contributed by atoms with Gasteiger partial charge in [-0.2, -0.15) is 0 Å². The Balaban J connectivity index is 2.07. The van der Waals surface area contributed by atoms with Crippen LogP contribution in [0.5, 0.6) is 0 Å². The summed E-state index contributed by atoms with van der Waals surface area (Å²) in [6.07, 6.45) is 3.37. The summed E-state index contributed by atoms with van der Waals surface area (Å²) in [6, 6.07) is 5.01. The molecule has 0 aromatic heterocycles. The lowest BCUT2D eigenvalue weighted by Gasteiger charge is -2.27. The van der Waals surface area contributed by atoms with E-state index >= 15 is 0 Å². The topological polar surface area (TPSA) is 67.6 Å². The highest BCUT2D eigenvalue weighted by Crippen LogP contribution is 2.22. The zero-order valence-electron chi connectivity index (χ0n) is 11.6. The van der Waals surface area contributed by atoms with Gasteiger partial charge in [0, 0.05) is 25.2 Å². The lowest BCUT2D eigenvalue weighted by Crippen LogP contribution is -2.37. The number of nitrogens with two attached hydrogens (primary N) is 1. The molecule has 0 saturated carbocycles. The van der Waals surface area contributed by atoms with Gasteiger partial charge in [-0.05, 0) is 37.5 Å². The maximum atomic E-state index is 12.5. The number of hydrogen-bond donors (Lipinski definition) is 2. The molecule has 5 nitrogen and oxygen atoms in total. The first-order chi connectivity index (χ1) is 9.61. The van der Waals surface area contributed by atoms with Crippen LogP contribution in [-0.2, 0) is 4.74 Å². The van der Waals surface area contributed by atoms with Gasteiger partial charge in [0.2, 0.25) is 0 Å². The maximum Gasteiger partial charge on any atom is 0.255 e. The molecular formula is C14H20ClN3O2. The van der Waals surface area contributed by atoms with Gasteiger partial charge in [-0.1, -0.05) is 11.6 Å². The molecule has 1 saturated heterocycles. The number of hydrazine groups is 1. The molecule has 0 spiro atoms. The molecule has 3 N–H and O–H groups in total. The summed E-state index contributed by atoms with van der Waals surface area (Å²) in [6.45, 7) is 1.36. The number of amides is 1. The standard InChI is InChI=1S/C14H20ClN3O2/c1-18(9-11-4-2-3-7-20-11)14(19)12-8-10(15)5-6-13(12)17-16/h5-6,8,11,17H,2-4,7,9,16H2,1H3. The molecule has 2 rings (SSSR count). The first kappa shape index (κ1) is 15.1. The molecule has 1 amide bonds. The largest absolute Gasteiger partial charge is 0.376 e. The Morgan fingerprint density at radius 2 is 2.35 bits per heavy atom. The first-order valence-corrected chi connectivity index (χ1v) is 7.13. The van der Waals surface area contributed by atoms with Gasteiger partial charge in [0.25, 0.3) is 5.91 Å². The van der Waals surface area contributed by atoms with E-state index in [1.165, 1.54) is 0 Å². The predicted octanol–water partition coefficient (Wildman–Crippen LogP) is 2.27. The van der Waals surface area contributed by atoms with Crippen molar-refractivity contribution < 1.29 is 9.53 Å². The number of benzene rings is 1. The quantitative estimate of drug-likeness (QED) is 0.661. The van der Waals surface area contributed by atoms with Crippen LogP contribution in [0.15, 0.2) is 18.2 Å². The SMILES string of the molecule is CN(CC1CCCCO1)C(=O)c1cc(Cl)ccc1NN. The van der Waals surface area contributed by atoms with E-state index in [1.807, 2.05) is 0 Å². The normalized spacial score (nSPS) is 18.6. The molecule has 1 aliphatic heterocycles. The molecule has 0 bridgehead atoms. The lowest BCUT2D eigenvalue weighted by molar-refractivity contribution is -0.000171. The number of nitrogen functional groups attached to an aromatic ring is 1. The van der Waals surface area contributed by atoms with Gasteiger partial charge >= 0.3 is 0 Å². The van der Waals surface area contributed by atoms with E-state index in [0.717, 1.165) is 25.9 Å². The van der Waals surface area contributed by atoms with Crippen molar-refractivity contribution >= 4 is 23.2 Å². The smallest absolute Gasteiger partial charge is 0.255 e. The fourth-order valence-electron chi connectivity index (χ4n) is 2.36. The van der Waals surface area contributed by atoms with Crippen LogP contribution >= 0.6 is 11.6 Å². The van der Waals surface area contributed by atoms with Crippen LogP contribution in [0.3, 0.4) is 0 Å². The van der Waals surface area contributed by atoms with Crippen molar-refractivity contribution in [2.75, 3.05) is 25.6 Å². The van der Waals surface area contributed by atoms with E-state index in [1.54, 1.807) is 30.1 Å². The number of nitrogens with zero attached hydrogens (tertiary/aromatic N) is 1. The number of rotatable bonds is 4. The summed E-state index contributed by atoms with van der Waals surface area (Å²) in [5.74, 6) is 5.32. The van der Waals surface area contributed by atoms with E-state index in [2.05, 4.69) is 5.43 Å². The molecule has 1 aromatic rings. The third-order valence-corrected chi connectivity index (χ3v) is 3.70. The maximum absolute atomic E-state index is 12.5. The molecule has 1 heterocycles. The van der Waals surface area contributed by atoms with Crippen molar-refractivity contribution in [1.82, 2.24) is 4.90 Å². The lowest BCUT2D eigenvalue weighted by atomic mass is 10.1. The van der Waals surface area contributed by atoms with Crippen molar-refractivity contribution in [1.29, 1.82) is 0 Å². The zero-order valence-corrected chi connectivity index (χ0v) is 12.3. The van der Waals surface area contributed by atoms with Gasteiger partial charge in [0.05, 0.1) is 17.4 Å². The first-order valence-electron chi connectivity index (χ1n) is 6.75. The second-order valence-electron chi connectivity index (χ2n) is 5.01. The van der Waals surface area contributed by atoms with Crippen LogP contribution in [0.4, 0.5) is 5.69 Å². The van der Waals surface area contributed by atoms with Crippen LogP contribution in [0.25, 0.3) is 0 Å². The minimum Gasteiger partial charge on any atom is -0.376 e. The minimum atomic E-state index is -0.116. The molecule has 1 atom stereocenters. The van der Waals surface area contributed by atoms with E-state index in [0.29, 0.717) is 22.8 Å². The second kappa shape index (κ2) is 6.92. The Morgan fingerprint density at radius 1 is 1.55 bits per heavy atom. The van der Waals surface area contributed by atoms with Gasteiger partial charge in [-0.3, -0.25) is 10.6 Å². The Bertz CT molecular complexity index is 475. The highest BCUT2D eigenvalue weighted by molar-refractivity contribution is 6.31. The third-order valence-electron chi connectivity index (χ3n) is 3.47. The molecule has 6 heteroatoms. The molecule has 1 unspecified atom stereocenters. The van der Waals surface area contributed by atoms with E-state index < -0.39 is 0 Å². The molecular weight excluding hydrogens is 278 g/mol. The van der Waals surface area contributed by atoms with Crippen molar-refractivity contribution in [3.8, 4) is 0 Å². The Labute approximate surface area is 124 Å². The van der Waals surface area contributed by atoms with Crippen molar-refractivity contribution in [2.45, 2.75) is 25.4 Å². The second-order valence-corrected chi connectivity index (χ2v) is 5.44. The number of ether oxygens (including phenoxy) is 1. The number of likely N-dealkylation sites (N-methyl/N-ethyl adjacent to an activating group) is 1. The number of hydrogen-bond acceptors (Lipinski definition) is 4. The van der Waals surface area contributed by atoms with Crippen LogP contribution < -0.4 is 11.3 Å². The number of carbonyl (C=O) groups is 1. The van der Waals surface area contributed by atoms with E-state index in [-0.39, 0.29) is 12.0 Å². The molecule has 0 aliphatic carbocycles. The van der Waals surface area contributed by atoms with Crippen molar-refractivity contribution in [3.05, 3.63) is 28.8 Å². The molecule has 20 heavy (non-hydrogen) atoms. The van der Waals surface area contributed by atoms with Crippen LogP contribution in [0, 0.1) is 0 Å².